The molecule has 0 aliphatic heterocycles. The van der Waals surface area contributed by atoms with Crippen molar-refractivity contribution < 1.29 is 4.39 Å². The normalized spacial score (nSPS) is 11.9. The fourth-order valence-electron chi connectivity index (χ4n) is 1.37. The Balaban J connectivity index is 3.22. The number of nitrogens with two attached hydrogens (primary N) is 1. The van der Waals surface area contributed by atoms with Gasteiger partial charge in [0.05, 0.1) is 17.3 Å². The van der Waals surface area contributed by atoms with Gasteiger partial charge in [0.25, 0.3) is 0 Å². The van der Waals surface area contributed by atoms with E-state index in [2.05, 4.69) is 22.0 Å². The van der Waals surface area contributed by atoms with Gasteiger partial charge in [0.1, 0.15) is 5.82 Å². The summed E-state index contributed by atoms with van der Waals surface area (Å²) in [4.78, 5) is 0. The van der Waals surface area contributed by atoms with E-state index in [0.717, 1.165) is 6.42 Å². The number of hydrogen-bond acceptors (Lipinski definition) is 2. The lowest BCUT2D eigenvalue weighted by Gasteiger charge is -2.07. The Bertz CT molecular complexity index is 461. The number of rotatable bonds is 3. The number of nitriles is 1. The average molecular weight is 283 g/mol. The molecule has 0 bridgehead atoms. The monoisotopic (exact) mass is 282 g/mol. The maximum Gasteiger partial charge on any atom is 0.124 e. The molecule has 16 heavy (non-hydrogen) atoms. The summed E-state index contributed by atoms with van der Waals surface area (Å²) in [6, 6.07) is 6.32. The van der Waals surface area contributed by atoms with E-state index in [1.807, 2.05) is 6.92 Å². The summed E-state index contributed by atoms with van der Waals surface area (Å²) in [5.74, 6) is -0.336. The van der Waals surface area contributed by atoms with Crippen molar-refractivity contribution in [3.8, 4) is 6.07 Å². The molecule has 0 aliphatic carbocycles. The summed E-state index contributed by atoms with van der Waals surface area (Å²) >= 11 is 3.23. The quantitative estimate of drug-likeness (QED) is 0.862. The molecular weight excluding hydrogens is 271 g/mol. The lowest BCUT2D eigenvalue weighted by atomic mass is 10.0. The Morgan fingerprint density at radius 2 is 2.25 bits per heavy atom. The zero-order valence-corrected chi connectivity index (χ0v) is 10.5. The molecule has 1 aromatic rings. The predicted molar refractivity (Wildman–Crippen MR) is 65.7 cm³/mol. The minimum absolute atomic E-state index is 0.336. The molecule has 2 nitrogen and oxygen atoms in total. The van der Waals surface area contributed by atoms with E-state index in [1.54, 1.807) is 6.07 Å². The topological polar surface area (TPSA) is 49.8 Å². The highest BCUT2D eigenvalue weighted by Gasteiger charge is 2.09. The second-order valence-corrected chi connectivity index (χ2v) is 4.23. The van der Waals surface area contributed by atoms with Crippen molar-refractivity contribution in [2.75, 3.05) is 0 Å². The summed E-state index contributed by atoms with van der Waals surface area (Å²) in [5, 5.41) is 8.96. The molecule has 0 fully saturated rings. The number of hydrogen-bond donors (Lipinski definition) is 1. The van der Waals surface area contributed by atoms with E-state index in [4.69, 9.17) is 11.0 Å². The van der Waals surface area contributed by atoms with Crippen molar-refractivity contribution in [2.45, 2.75) is 19.8 Å². The fraction of sp³-hybridized carbons (Fsp3) is 0.250. The van der Waals surface area contributed by atoms with Crippen LogP contribution in [0.15, 0.2) is 28.2 Å². The third kappa shape index (κ3) is 2.83. The largest absolute Gasteiger partial charge is 0.397 e. The first-order valence-corrected chi connectivity index (χ1v) is 5.73. The van der Waals surface area contributed by atoms with Gasteiger partial charge in [-0.1, -0.05) is 13.3 Å². The molecule has 0 amide bonds. The maximum atomic E-state index is 12.9. The van der Waals surface area contributed by atoms with Gasteiger partial charge in [-0.05, 0) is 40.5 Å². The number of halogens is 2. The number of nitrogens with zero attached hydrogens (tertiary/aromatic N) is 1. The molecule has 0 atom stereocenters. The van der Waals surface area contributed by atoms with Crippen molar-refractivity contribution in [3.05, 3.63) is 39.6 Å². The highest BCUT2D eigenvalue weighted by molar-refractivity contribution is 9.10. The Morgan fingerprint density at radius 1 is 1.56 bits per heavy atom. The van der Waals surface area contributed by atoms with Crippen LogP contribution >= 0.6 is 15.9 Å². The second-order valence-electron chi connectivity index (χ2n) is 3.38. The molecule has 0 spiro atoms. The molecular formula is C12H12BrFN2. The highest BCUT2D eigenvalue weighted by atomic mass is 79.9. The maximum absolute atomic E-state index is 12.9. The van der Waals surface area contributed by atoms with E-state index in [1.165, 1.54) is 12.1 Å². The van der Waals surface area contributed by atoms with Gasteiger partial charge in [0.15, 0.2) is 0 Å². The fourth-order valence-corrected chi connectivity index (χ4v) is 1.94. The standard InChI is InChI=1S/C12H12BrFN2/c1-2-3-8(7-15)12(16)10-5-4-9(14)6-11(10)13/h4-6H,2-3,16H2,1H3/b12-8-. The van der Waals surface area contributed by atoms with Crippen LogP contribution in [0.4, 0.5) is 4.39 Å². The molecule has 0 saturated heterocycles. The van der Waals surface area contributed by atoms with Crippen molar-refractivity contribution in [1.82, 2.24) is 0 Å². The minimum atomic E-state index is -0.336. The van der Waals surface area contributed by atoms with Gasteiger partial charge in [-0.15, -0.1) is 0 Å². The molecule has 0 unspecified atom stereocenters. The lowest BCUT2D eigenvalue weighted by Crippen LogP contribution is -2.02. The van der Waals surface area contributed by atoms with Gasteiger partial charge < -0.3 is 5.73 Å². The van der Waals surface area contributed by atoms with E-state index in [0.29, 0.717) is 27.7 Å². The molecule has 0 aliphatic rings. The Labute approximate surface area is 103 Å². The van der Waals surface area contributed by atoms with E-state index in [9.17, 15) is 4.39 Å². The van der Waals surface area contributed by atoms with E-state index >= 15 is 0 Å². The Kier molecular flexibility index (Phi) is 4.51. The van der Waals surface area contributed by atoms with Crippen molar-refractivity contribution in [2.24, 2.45) is 5.73 Å². The number of allylic oxidation sites excluding steroid dienone is 1. The van der Waals surface area contributed by atoms with Gasteiger partial charge in [-0.3, -0.25) is 0 Å². The third-order valence-electron chi connectivity index (χ3n) is 2.18. The predicted octanol–water partition coefficient (Wildman–Crippen LogP) is 3.58. The molecule has 2 N–H and O–H groups in total. The zero-order chi connectivity index (χ0) is 12.1. The van der Waals surface area contributed by atoms with Crippen LogP contribution in [0.25, 0.3) is 5.70 Å². The van der Waals surface area contributed by atoms with Crippen LogP contribution in [-0.2, 0) is 0 Å². The summed E-state index contributed by atoms with van der Waals surface area (Å²) in [7, 11) is 0. The van der Waals surface area contributed by atoms with Crippen molar-refractivity contribution >= 4 is 21.6 Å². The first kappa shape index (κ1) is 12.7. The first-order chi connectivity index (χ1) is 7.60. The summed E-state index contributed by atoms with van der Waals surface area (Å²) < 4.78 is 13.5. The van der Waals surface area contributed by atoms with Crippen molar-refractivity contribution in [1.29, 1.82) is 5.26 Å². The van der Waals surface area contributed by atoms with Crippen LogP contribution in [-0.4, -0.2) is 0 Å². The second kappa shape index (κ2) is 5.66. The molecule has 4 heteroatoms. The molecule has 1 rings (SSSR count). The Morgan fingerprint density at radius 3 is 2.75 bits per heavy atom. The lowest BCUT2D eigenvalue weighted by molar-refractivity contribution is 0.627. The summed E-state index contributed by atoms with van der Waals surface area (Å²) in [5.41, 5.74) is 7.50. The van der Waals surface area contributed by atoms with Crippen LogP contribution in [0.1, 0.15) is 25.3 Å². The van der Waals surface area contributed by atoms with Crippen LogP contribution in [0.5, 0.6) is 0 Å². The smallest absolute Gasteiger partial charge is 0.124 e. The van der Waals surface area contributed by atoms with Gasteiger partial charge in [0, 0.05) is 10.0 Å². The summed E-state index contributed by atoms with van der Waals surface area (Å²) in [6.45, 7) is 1.98. The van der Waals surface area contributed by atoms with Crippen LogP contribution in [0.3, 0.4) is 0 Å². The first-order valence-electron chi connectivity index (χ1n) is 4.94. The molecule has 0 saturated carbocycles. The van der Waals surface area contributed by atoms with E-state index < -0.39 is 0 Å². The number of benzene rings is 1. The van der Waals surface area contributed by atoms with Crippen LogP contribution < -0.4 is 5.73 Å². The van der Waals surface area contributed by atoms with Crippen LogP contribution in [0.2, 0.25) is 0 Å². The van der Waals surface area contributed by atoms with Gasteiger partial charge in [-0.2, -0.15) is 5.26 Å². The SMILES string of the molecule is CCC/C(C#N)=C(/N)c1ccc(F)cc1Br. The van der Waals surface area contributed by atoms with E-state index in [-0.39, 0.29) is 5.82 Å². The van der Waals surface area contributed by atoms with Gasteiger partial charge >= 0.3 is 0 Å². The third-order valence-corrected chi connectivity index (χ3v) is 2.84. The molecule has 84 valence electrons. The van der Waals surface area contributed by atoms with Crippen molar-refractivity contribution in [3.63, 3.8) is 0 Å². The molecule has 0 aromatic heterocycles. The average Bonchev–Trinajstić information content (AvgIpc) is 2.25. The Hall–Kier alpha value is -1.34. The molecule has 0 heterocycles. The van der Waals surface area contributed by atoms with Gasteiger partial charge in [-0.25, -0.2) is 4.39 Å². The van der Waals surface area contributed by atoms with Gasteiger partial charge in [0.2, 0.25) is 0 Å². The molecule has 0 radical (unpaired) electrons. The zero-order valence-electron chi connectivity index (χ0n) is 8.93. The van der Waals surface area contributed by atoms with Crippen LogP contribution in [0, 0.1) is 17.1 Å². The highest BCUT2D eigenvalue weighted by Crippen LogP contribution is 2.25. The minimum Gasteiger partial charge on any atom is -0.397 e. The summed E-state index contributed by atoms with van der Waals surface area (Å²) in [6.07, 6.45) is 1.48. The molecule has 1 aromatic carbocycles.